The van der Waals surface area contributed by atoms with Crippen LogP contribution in [0.1, 0.15) is 59.3 Å². The lowest BCUT2D eigenvalue weighted by Crippen LogP contribution is -2.37. The van der Waals surface area contributed by atoms with Crippen molar-refractivity contribution >= 4 is 5.97 Å². The van der Waals surface area contributed by atoms with E-state index >= 15 is 0 Å². The summed E-state index contributed by atoms with van der Waals surface area (Å²) in [6, 6.07) is 0. The van der Waals surface area contributed by atoms with E-state index in [1.165, 1.54) is 19.3 Å². The monoisotopic (exact) mass is 245 g/mol. The topological polar surface area (TPSA) is 72.5 Å². The van der Waals surface area contributed by atoms with Crippen molar-refractivity contribution in [2.75, 3.05) is 6.54 Å². The number of carbonyl (C=O) groups excluding carboxylic acids is 1. The quantitative estimate of drug-likeness (QED) is 0.481. The number of rotatable bonds is 9. The Morgan fingerprint density at radius 2 is 2.06 bits per heavy atom. The number of hydrogen-bond acceptors (Lipinski definition) is 4. The highest BCUT2D eigenvalue weighted by atomic mass is 16.5. The summed E-state index contributed by atoms with van der Waals surface area (Å²) in [7, 11) is 0. The van der Waals surface area contributed by atoms with Crippen LogP contribution in [0, 0.1) is 0 Å². The third kappa shape index (κ3) is 9.12. The van der Waals surface area contributed by atoms with Crippen molar-refractivity contribution in [3.8, 4) is 0 Å². The van der Waals surface area contributed by atoms with Gasteiger partial charge in [0.1, 0.15) is 0 Å². The van der Waals surface area contributed by atoms with Crippen molar-refractivity contribution in [1.29, 1.82) is 0 Å². The molecular formula is C13H27NO3. The van der Waals surface area contributed by atoms with Gasteiger partial charge in [0.05, 0.1) is 18.1 Å². The molecule has 0 saturated carbocycles. The van der Waals surface area contributed by atoms with Crippen LogP contribution in [0.25, 0.3) is 0 Å². The average Bonchev–Trinajstić information content (AvgIpc) is 2.23. The molecule has 0 aromatic heterocycles. The molecule has 0 spiro atoms. The van der Waals surface area contributed by atoms with Crippen LogP contribution in [0.4, 0.5) is 0 Å². The van der Waals surface area contributed by atoms with Gasteiger partial charge in [0.25, 0.3) is 0 Å². The molecule has 0 bridgehead atoms. The molecule has 3 N–H and O–H groups in total. The molecule has 2 unspecified atom stereocenters. The van der Waals surface area contributed by atoms with Gasteiger partial charge in [-0.1, -0.05) is 26.2 Å². The van der Waals surface area contributed by atoms with Gasteiger partial charge in [-0.05, 0) is 26.7 Å². The van der Waals surface area contributed by atoms with E-state index in [-0.39, 0.29) is 25.0 Å². The summed E-state index contributed by atoms with van der Waals surface area (Å²) in [6.45, 7) is 5.66. The minimum atomic E-state index is -1.15. The van der Waals surface area contributed by atoms with Crippen LogP contribution in [-0.4, -0.2) is 29.3 Å². The van der Waals surface area contributed by atoms with E-state index in [2.05, 4.69) is 6.92 Å². The first-order chi connectivity index (χ1) is 7.91. The molecule has 0 aromatic carbocycles. The highest BCUT2D eigenvalue weighted by Gasteiger charge is 2.24. The van der Waals surface area contributed by atoms with Crippen LogP contribution < -0.4 is 5.73 Å². The van der Waals surface area contributed by atoms with Gasteiger partial charge in [-0.25, -0.2) is 0 Å². The molecular weight excluding hydrogens is 218 g/mol. The lowest BCUT2D eigenvalue weighted by Gasteiger charge is -2.21. The highest BCUT2D eigenvalue weighted by Crippen LogP contribution is 2.12. The van der Waals surface area contributed by atoms with E-state index in [0.29, 0.717) is 0 Å². The molecule has 0 amide bonds. The van der Waals surface area contributed by atoms with Crippen LogP contribution in [0.2, 0.25) is 0 Å². The van der Waals surface area contributed by atoms with Crippen molar-refractivity contribution in [2.45, 2.75) is 71.0 Å². The Labute approximate surface area is 105 Å². The molecule has 0 aliphatic carbocycles. The number of hydrogen-bond donors (Lipinski definition) is 2. The van der Waals surface area contributed by atoms with Gasteiger partial charge in [0, 0.05) is 6.54 Å². The minimum absolute atomic E-state index is 0.0389. The van der Waals surface area contributed by atoms with Gasteiger partial charge in [0.15, 0.2) is 0 Å². The number of nitrogens with two attached hydrogens (primary N) is 1. The molecule has 0 aromatic rings. The summed E-state index contributed by atoms with van der Waals surface area (Å²) in [4.78, 5) is 11.5. The summed E-state index contributed by atoms with van der Waals surface area (Å²) in [5.41, 5.74) is 4.19. The highest BCUT2D eigenvalue weighted by molar-refractivity contribution is 5.70. The van der Waals surface area contributed by atoms with E-state index < -0.39 is 5.60 Å². The van der Waals surface area contributed by atoms with E-state index in [1.807, 2.05) is 6.92 Å². The Hall–Kier alpha value is -0.610. The maximum absolute atomic E-state index is 11.5. The Bertz CT molecular complexity index is 217. The average molecular weight is 245 g/mol. The van der Waals surface area contributed by atoms with Crippen molar-refractivity contribution in [3.63, 3.8) is 0 Å². The standard InChI is InChI=1S/C13H27NO3/c1-4-5-6-7-8-11(2)17-12(15)9-13(3,16)10-14/h11,16H,4-10,14H2,1-3H3. The molecule has 0 aliphatic heterocycles. The molecule has 0 fully saturated rings. The van der Waals surface area contributed by atoms with Crippen LogP contribution in [0.3, 0.4) is 0 Å². The molecule has 4 nitrogen and oxygen atoms in total. The fourth-order valence-electron chi connectivity index (χ4n) is 1.57. The van der Waals surface area contributed by atoms with Crippen molar-refractivity contribution in [2.24, 2.45) is 5.73 Å². The second-order valence-corrected chi connectivity index (χ2v) is 5.03. The van der Waals surface area contributed by atoms with Gasteiger partial charge >= 0.3 is 5.97 Å². The summed E-state index contributed by atoms with van der Waals surface area (Å²) in [5, 5.41) is 9.63. The van der Waals surface area contributed by atoms with Crippen molar-refractivity contribution in [1.82, 2.24) is 0 Å². The van der Waals surface area contributed by atoms with Gasteiger partial charge < -0.3 is 15.6 Å². The van der Waals surface area contributed by atoms with Crippen molar-refractivity contribution in [3.05, 3.63) is 0 Å². The molecule has 0 saturated heterocycles. The first kappa shape index (κ1) is 16.4. The number of aliphatic hydroxyl groups is 1. The third-order valence-electron chi connectivity index (χ3n) is 2.76. The molecule has 4 heteroatoms. The van der Waals surface area contributed by atoms with Crippen LogP contribution in [-0.2, 0) is 9.53 Å². The molecule has 0 rings (SSSR count). The van der Waals surface area contributed by atoms with E-state index in [9.17, 15) is 9.90 Å². The zero-order chi connectivity index (χ0) is 13.3. The summed E-state index contributed by atoms with van der Waals surface area (Å²) in [5.74, 6) is -0.372. The molecule has 0 radical (unpaired) electrons. The predicted octanol–water partition coefficient (Wildman–Crippen LogP) is 1.99. The predicted molar refractivity (Wildman–Crippen MR) is 68.6 cm³/mol. The Morgan fingerprint density at radius 3 is 2.59 bits per heavy atom. The first-order valence-corrected chi connectivity index (χ1v) is 6.53. The summed E-state index contributed by atoms with van der Waals surface area (Å²) < 4.78 is 5.21. The van der Waals surface area contributed by atoms with E-state index in [1.54, 1.807) is 6.92 Å². The number of carbonyl (C=O) groups is 1. The maximum atomic E-state index is 11.5. The van der Waals surface area contributed by atoms with E-state index in [4.69, 9.17) is 10.5 Å². The van der Waals surface area contributed by atoms with Crippen LogP contribution >= 0.6 is 0 Å². The molecule has 2 atom stereocenters. The Balaban J connectivity index is 3.73. The first-order valence-electron chi connectivity index (χ1n) is 6.53. The minimum Gasteiger partial charge on any atom is -0.463 e. The molecule has 0 heterocycles. The largest absolute Gasteiger partial charge is 0.463 e. The van der Waals surface area contributed by atoms with Gasteiger partial charge in [-0.15, -0.1) is 0 Å². The van der Waals surface area contributed by atoms with Gasteiger partial charge in [-0.2, -0.15) is 0 Å². The molecule has 102 valence electrons. The van der Waals surface area contributed by atoms with Crippen LogP contribution in [0.5, 0.6) is 0 Å². The number of ether oxygens (including phenoxy) is 1. The fraction of sp³-hybridized carbons (Fsp3) is 0.923. The lowest BCUT2D eigenvalue weighted by atomic mass is 10.0. The zero-order valence-electron chi connectivity index (χ0n) is 11.4. The SMILES string of the molecule is CCCCCCC(C)OC(=O)CC(C)(O)CN. The fourth-order valence-corrected chi connectivity index (χ4v) is 1.57. The molecule has 17 heavy (non-hydrogen) atoms. The normalized spacial score (nSPS) is 16.3. The van der Waals surface area contributed by atoms with E-state index in [0.717, 1.165) is 12.8 Å². The Kier molecular flexibility index (Phi) is 8.17. The second kappa shape index (κ2) is 8.48. The van der Waals surface area contributed by atoms with Crippen molar-refractivity contribution < 1.29 is 14.6 Å². The van der Waals surface area contributed by atoms with Gasteiger partial charge in [0.2, 0.25) is 0 Å². The summed E-state index contributed by atoms with van der Waals surface area (Å²) >= 11 is 0. The number of esters is 1. The van der Waals surface area contributed by atoms with Gasteiger partial charge in [-0.3, -0.25) is 4.79 Å². The Morgan fingerprint density at radius 1 is 1.41 bits per heavy atom. The molecule has 0 aliphatic rings. The lowest BCUT2D eigenvalue weighted by molar-refractivity contribution is -0.153. The summed E-state index contributed by atoms with van der Waals surface area (Å²) in [6.07, 6.45) is 5.46. The smallest absolute Gasteiger partial charge is 0.309 e. The third-order valence-corrected chi connectivity index (χ3v) is 2.76. The maximum Gasteiger partial charge on any atom is 0.309 e. The second-order valence-electron chi connectivity index (χ2n) is 5.03. The number of unbranched alkanes of at least 4 members (excludes halogenated alkanes) is 3. The van der Waals surface area contributed by atoms with Crippen LogP contribution in [0.15, 0.2) is 0 Å². The zero-order valence-corrected chi connectivity index (χ0v) is 11.4.